The predicted molar refractivity (Wildman–Crippen MR) is 157 cm³/mol. The Balaban J connectivity index is 1.26. The van der Waals surface area contributed by atoms with Gasteiger partial charge in [-0.2, -0.15) is 0 Å². The topological polar surface area (TPSA) is 67.4 Å². The molecule has 0 aliphatic carbocycles. The van der Waals surface area contributed by atoms with Crippen molar-refractivity contribution in [3.8, 4) is 11.5 Å². The van der Waals surface area contributed by atoms with E-state index in [1.165, 1.54) is 12.2 Å². The zero-order valence-corrected chi connectivity index (χ0v) is 22.7. The van der Waals surface area contributed by atoms with Crippen LogP contribution in [0, 0.1) is 0 Å². The Morgan fingerprint density at radius 2 is 0.892 bits per heavy atom. The van der Waals surface area contributed by atoms with Crippen LogP contribution in [0.15, 0.2) is 118 Å². The van der Waals surface area contributed by atoms with Gasteiger partial charge < -0.3 is 15.4 Å². The molecule has 2 amide bonds. The number of carbonyl (C=O) groups excluding carboxylic acids is 2. The summed E-state index contributed by atoms with van der Waals surface area (Å²) in [6, 6.07) is 29.5. The van der Waals surface area contributed by atoms with Crippen molar-refractivity contribution in [2.24, 2.45) is 0 Å². The number of amides is 2. The summed E-state index contributed by atoms with van der Waals surface area (Å²) in [7, 11) is 0. The molecule has 0 fully saturated rings. The maximum Gasteiger partial charge on any atom is 0.248 e. The Morgan fingerprint density at radius 1 is 0.541 bits per heavy atom. The summed E-state index contributed by atoms with van der Waals surface area (Å²) in [5.41, 5.74) is 3.19. The average molecular weight is 618 g/mol. The van der Waals surface area contributed by atoms with E-state index in [-0.39, 0.29) is 11.8 Å². The molecule has 0 aliphatic rings. The standard InChI is InChI=1S/C30H22Br2N2O3/c31-23-7-1-21(2-8-23)5-19-29(35)33-25-11-15-27(16-12-25)37-28-17-13-26(14-18-28)34-30(36)20-6-22-3-9-24(32)10-4-22/h1-20H,(H,33,35)(H,34,36)/b19-5+,20-6+. The van der Waals surface area contributed by atoms with Gasteiger partial charge in [0.25, 0.3) is 0 Å². The highest BCUT2D eigenvalue weighted by molar-refractivity contribution is 9.10. The van der Waals surface area contributed by atoms with Crippen molar-refractivity contribution in [3.05, 3.63) is 129 Å². The molecule has 2 N–H and O–H groups in total. The molecule has 4 rings (SSSR count). The summed E-state index contributed by atoms with van der Waals surface area (Å²) in [6.07, 6.45) is 6.49. The normalized spacial score (nSPS) is 11.0. The maximum atomic E-state index is 12.2. The zero-order chi connectivity index (χ0) is 26.0. The number of nitrogens with one attached hydrogen (secondary N) is 2. The molecule has 0 saturated carbocycles. The molecule has 0 bridgehead atoms. The molecule has 0 unspecified atom stereocenters. The van der Waals surface area contributed by atoms with Crippen LogP contribution in [0.25, 0.3) is 12.2 Å². The first-order valence-corrected chi connectivity index (χ1v) is 12.9. The molecular weight excluding hydrogens is 596 g/mol. The minimum atomic E-state index is -0.221. The van der Waals surface area contributed by atoms with Crippen LogP contribution < -0.4 is 15.4 Å². The second-order valence-electron chi connectivity index (χ2n) is 7.90. The summed E-state index contributed by atoms with van der Waals surface area (Å²) in [5, 5.41) is 5.65. The van der Waals surface area contributed by atoms with Crippen LogP contribution in [0.4, 0.5) is 11.4 Å². The lowest BCUT2D eigenvalue weighted by atomic mass is 10.2. The van der Waals surface area contributed by atoms with Crippen molar-refractivity contribution in [3.63, 3.8) is 0 Å². The Kier molecular flexibility index (Phi) is 9.08. The zero-order valence-electron chi connectivity index (χ0n) is 19.5. The smallest absolute Gasteiger partial charge is 0.248 e. The number of carbonyl (C=O) groups is 2. The lowest BCUT2D eigenvalue weighted by Crippen LogP contribution is -2.07. The fraction of sp³-hybridized carbons (Fsp3) is 0. The van der Waals surface area contributed by atoms with Gasteiger partial charge in [0.1, 0.15) is 11.5 Å². The molecule has 4 aromatic rings. The number of rotatable bonds is 8. The molecule has 0 spiro atoms. The Bertz CT molecular complexity index is 1300. The lowest BCUT2D eigenvalue weighted by Gasteiger charge is -2.08. The summed E-state index contributed by atoms with van der Waals surface area (Å²) < 4.78 is 7.84. The molecule has 0 radical (unpaired) electrons. The van der Waals surface area contributed by atoms with Crippen LogP contribution in [-0.4, -0.2) is 11.8 Å². The second kappa shape index (κ2) is 12.9. The van der Waals surface area contributed by atoms with Crippen molar-refractivity contribution in [2.75, 3.05) is 10.6 Å². The molecule has 4 aromatic carbocycles. The monoisotopic (exact) mass is 616 g/mol. The summed E-state index contributed by atoms with van der Waals surface area (Å²) in [6.45, 7) is 0. The highest BCUT2D eigenvalue weighted by atomic mass is 79.9. The summed E-state index contributed by atoms with van der Waals surface area (Å²) >= 11 is 6.78. The van der Waals surface area contributed by atoms with E-state index >= 15 is 0 Å². The predicted octanol–water partition coefficient (Wildman–Crippen LogP) is 8.31. The van der Waals surface area contributed by atoms with Gasteiger partial charge in [0, 0.05) is 32.5 Å². The van der Waals surface area contributed by atoms with Crippen molar-refractivity contribution < 1.29 is 14.3 Å². The van der Waals surface area contributed by atoms with E-state index in [2.05, 4.69) is 42.5 Å². The van der Waals surface area contributed by atoms with E-state index < -0.39 is 0 Å². The van der Waals surface area contributed by atoms with Gasteiger partial charge in [-0.15, -0.1) is 0 Å². The Hall–Kier alpha value is -3.94. The van der Waals surface area contributed by atoms with Gasteiger partial charge in [-0.25, -0.2) is 0 Å². The quantitative estimate of drug-likeness (QED) is 0.195. The van der Waals surface area contributed by atoms with Gasteiger partial charge in [0.15, 0.2) is 0 Å². The number of anilines is 2. The fourth-order valence-corrected chi connectivity index (χ4v) is 3.74. The van der Waals surface area contributed by atoms with Gasteiger partial charge >= 0.3 is 0 Å². The van der Waals surface area contributed by atoms with Gasteiger partial charge in [-0.05, 0) is 96.1 Å². The number of hydrogen-bond acceptors (Lipinski definition) is 3. The SMILES string of the molecule is O=C(/C=C/c1ccc(Br)cc1)Nc1ccc(Oc2ccc(NC(=O)/C=C/c3ccc(Br)cc3)cc2)cc1. The summed E-state index contributed by atoms with van der Waals surface area (Å²) in [5.74, 6) is 0.803. The first kappa shape index (κ1) is 26.1. The van der Waals surface area contributed by atoms with Crippen molar-refractivity contribution in [1.29, 1.82) is 0 Å². The molecule has 7 heteroatoms. The fourth-order valence-electron chi connectivity index (χ4n) is 3.21. The largest absolute Gasteiger partial charge is 0.457 e. The van der Waals surface area contributed by atoms with Crippen LogP contribution in [0.1, 0.15) is 11.1 Å². The number of ether oxygens (including phenoxy) is 1. The summed E-state index contributed by atoms with van der Waals surface area (Å²) in [4.78, 5) is 24.4. The van der Waals surface area contributed by atoms with Crippen LogP contribution in [0.3, 0.4) is 0 Å². The van der Waals surface area contributed by atoms with Crippen molar-refractivity contribution in [2.45, 2.75) is 0 Å². The molecule has 0 heterocycles. The van der Waals surface area contributed by atoms with Crippen LogP contribution in [-0.2, 0) is 9.59 Å². The van der Waals surface area contributed by atoms with E-state index in [9.17, 15) is 9.59 Å². The number of benzene rings is 4. The molecule has 0 aliphatic heterocycles. The van der Waals surface area contributed by atoms with E-state index in [1.807, 2.05) is 48.5 Å². The van der Waals surface area contributed by atoms with E-state index in [1.54, 1.807) is 60.7 Å². The minimum Gasteiger partial charge on any atom is -0.457 e. The second-order valence-corrected chi connectivity index (χ2v) is 9.73. The first-order chi connectivity index (χ1) is 17.9. The van der Waals surface area contributed by atoms with Crippen LogP contribution in [0.5, 0.6) is 11.5 Å². The first-order valence-electron chi connectivity index (χ1n) is 11.3. The number of halogens is 2. The van der Waals surface area contributed by atoms with Crippen LogP contribution in [0.2, 0.25) is 0 Å². The lowest BCUT2D eigenvalue weighted by molar-refractivity contribution is -0.112. The van der Waals surface area contributed by atoms with Gasteiger partial charge in [-0.1, -0.05) is 56.1 Å². The van der Waals surface area contributed by atoms with Crippen molar-refractivity contribution in [1.82, 2.24) is 0 Å². The third kappa shape index (κ3) is 8.59. The van der Waals surface area contributed by atoms with E-state index in [0.717, 1.165) is 20.1 Å². The van der Waals surface area contributed by atoms with Gasteiger partial charge in [-0.3, -0.25) is 9.59 Å². The molecule has 37 heavy (non-hydrogen) atoms. The third-order valence-electron chi connectivity index (χ3n) is 5.07. The Labute approximate surface area is 232 Å². The number of hydrogen-bond donors (Lipinski definition) is 2. The van der Waals surface area contributed by atoms with E-state index in [0.29, 0.717) is 22.9 Å². The van der Waals surface area contributed by atoms with Gasteiger partial charge in [0.05, 0.1) is 0 Å². The molecule has 0 saturated heterocycles. The van der Waals surface area contributed by atoms with Gasteiger partial charge in [0.2, 0.25) is 11.8 Å². The third-order valence-corrected chi connectivity index (χ3v) is 6.13. The molecular formula is C30H22Br2N2O3. The molecule has 0 atom stereocenters. The molecule has 184 valence electrons. The van der Waals surface area contributed by atoms with E-state index in [4.69, 9.17) is 4.74 Å². The molecule has 0 aromatic heterocycles. The van der Waals surface area contributed by atoms with Crippen molar-refractivity contribution >= 4 is 67.2 Å². The highest BCUT2D eigenvalue weighted by Gasteiger charge is 2.03. The maximum absolute atomic E-state index is 12.2. The highest BCUT2D eigenvalue weighted by Crippen LogP contribution is 2.24. The minimum absolute atomic E-state index is 0.221. The molecule has 5 nitrogen and oxygen atoms in total. The van der Waals surface area contributed by atoms with Crippen LogP contribution >= 0.6 is 31.9 Å². The Morgan fingerprint density at radius 3 is 1.24 bits per heavy atom. The average Bonchev–Trinajstić information content (AvgIpc) is 2.90.